The van der Waals surface area contributed by atoms with Crippen LogP contribution in [0.4, 0.5) is 0 Å². The normalized spacial score (nSPS) is 14.7. The van der Waals surface area contributed by atoms with Crippen molar-refractivity contribution in [3.63, 3.8) is 0 Å². The number of nitrogens with one attached hydrogen (secondary N) is 1. The molecule has 0 spiro atoms. The van der Waals surface area contributed by atoms with E-state index in [1.54, 1.807) is 6.08 Å². The van der Waals surface area contributed by atoms with E-state index < -0.39 is 20.0 Å². The number of allylic oxidation sites excluding steroid dienone is 25. The Bertz CT molecular complexity index is 1910. The van der Waals surface area contributed by atoms with Crippen molar-refractivity contribution in [1.82, 2.24) is 5.32 Å². The zero-order valence-electron chi connectivity index (χ0n) is 53.9. The number of aliphatic hydroxyl groups is 1. The van der Waals surface area contributed by atoms with Crippen molar-refractivity contribution in [2.75, 3.05) is 40.9 Å². The number of amides is 1. The first-order valence-corrected chi connectivity index (χ1v) is 34.9. The molecule has 1 amide bonds. The Morgan fingerprint density at radius 3 is 1.11 bits per heavy atom. The quantitative estimate of drug-likeness (QED) is 0.0243. The van der Waals surface area contributed by atoms with Crippen LogP contribution in [0.1, 0.15) is 251 Å². The molecule has 0 aromatic rings. The molecule has 0 radical (unpaired) electrons. The summed E-state index contributed by atoms with van der Waals surface area (Å²) in [6, 6.07) is -0.887. The Labute approximate surface area is 511 Å². The molecule has 83 heavy (non-hydrogen) atoms. The number of aliphatic hydroxyl groups excluding tert-OH is 1. The summed E-state index contributed by atoms with van der Waals surface area (Å²) in [4.78, 5) is 23.4. The molecule has 0 aliphatic rings. The zero-order valence-corrected chi connectivity index (χ0v) is 54.8. The molecule has 8 nitrogen and oxygen atoms in total. The summed E-state index contributed by atoms with van der Waals surface area (Å²) in [5.41, 5.74) is 0. The van der Waals surface area contributed by atoms with Crippen LogP contribution < -0.4 is 5.32 Å². The van der Waals surface area contributed by atoms with Gasteiger partial charge in [-0.05, 0) is 116 Å². The van der Waals surface area contributed by atoms with Gasteiger partial charge in [-0.1, -0.05) is 287 Å². The fourth-order valence-corrected chi connectivity index (χ4v) is 9.56. The summed E-state index contributed by atoms with van der Waals surface area (Å²) in [6.45, 7) is 4.66. The summed E-state index contributed by atoms with van der Waals surface area (Å²) >= 11 is 0. The van der Waals surface area contributed by atoms with Crippen LogP contribution in [0.25, 0.3) is 0 Å². The van der Waals surface area contributed by atoms with Crippen LogP contribution in [0.5, 0.6) is 0 Å². The van der Waals surface area contributed by atoms with Gasteiger partial charge in [-0.3, -0.25) is 13.8 Å². The Balaban J connectivity index is 4.25. The molecule has 0 aliphatic heterocycles. The lowest BCUT2D eigenvalue weighted by Gasteiger charge is -2.25. The van der Waals surface area contributed by atoms with Crippen LogP contribution in [-0.4, -0.2) is 73.4 Å². The third-order valence-electron chi connectivity index (χ3n) is 14.0. The number of carbonyl (C=O) groups is 1. The molecule has 3 unspecified atom stereocenters. The Hall–Kier alpha value is -3.88. The van der Waals surface area contributed by atoms with Crippen molar-refractivity contribution < 1.29 is 32.9 Å². The minimum Gasteiger partial charge on any atom is -0.387 e. The van der Waals surface area contributed by atoms with E-state index in [-0.39, 0.29) is 19.1 Å². The summed E-state index contributed by atoms with van der Waals surface area (Å²) in [5.74, 6) is -0.211. The maximum atomic E-state index is 13.0. The van der Waals surface area contributed by atoms with E-state index in [4.69, 9.17) is 9.05 Å². The average molecular weight is 1170 g/mol. The molecule has 0 saturated carbocycles. The largest absolute Gasteiger partial charge is 0.472 e. The van der Waals surface area contributed by atoms with Crippen LogP contribution in [0.3, 0.4) is 0 Å². The predicted octanol–water partition coefficient (Wildman–Crippen LogP) is 21.4. The minimum atomic E-state index is -4.38. The molecule has 0 heterocycles. The Kier molecular flexibility index (Phi) is 59.7. The SMILES string of the molecule is CC/C=C\C/C=C\C/C=C\C/C=C\C/C=C\C/C=C\C/C=C\C/C=C\C/C=C\C/C=C\C/C=C\CCCCCCCC(=O)NC(COP(=O)(O)OCC[N+](C)(C)C)C(O)/C=C/CC/C=C/CCCCCCCCCCCCCCCCCC. The molecule has 0 fully saturated rings. The van der Waals surface area contributed by atoms with Crippen LogP contribution in [0.15, 0.2) is 158 Å². The van der Waals surface area contributed by atoms with Gasteiger partial charge in [0, 0.05) is 6.42 Å². The van der Waals surface area contributed by atoms with Crippen LogP contribution in [0.2, 0.25) is 0 Å². The van der Waals surface area contributed by atoms with Crippen molar-refractivity contribution in [2.45, 2.75) is 264 Å². The van der Waals surface area contributed by atoms with Gasteiger partial charge in [0.2, 0.25) is 5.91 Å². The first-order chi connectivity index (χ1) is 40.5. The Morgan fingerprint density at radius 2 is 0.735 bits per heavy atom. The van der Waals surface area contributed by atoms with Crippen molar-refractivity contribution >= 4 is 13.7 Å². The average Bonchev–Trinajstić information content (AvgIpc) is 3.50. The molecule has 0 aliphatic carbocycles. The molecule has 0 bridgehead atoms. The summed E-state index contributed by atoms with van der Waals surface area (Å²) in [6.07, 6.45) is 98.0. The first-order valence-electron chi connectivity index (χ1n) is 33.4. The second kappa shape index (κ2) is 62.6. The van der Waals surface area contributed by atoms with Gasteiger partial charge in [0.05, 0.1) is 39.9 Å². The first kappa shape index (κ1) is 79.1. The predicted molar refractivity (Wildman–Crippen MR) is 364 cm³/mol. The van der Waals surface area contributed by atoms with Crippen LogP contribution in [-0.2, 0) is 18.4 Å². The number of phosphoric acid groups is 1. The highest BCUT2D eigenvalue weighted by molar-refractivity contribution is 7.47. The van der Waals surface area contributed by atoms with E-state index in [9.17, 15) is 19.4 Å². The Morgan fingerprint density at radius 1 is 0.422 bits per heavy atom. The number of rotatable bonds is 59. The molecule has 3 atom stereocenters. The number of hydrogen-bond donors (Lipinski definition) is 3. The van der Waals surface area contributed by atoms with Crippen LogP contribution in [0, 0.1) is 0 Å². The topological polar surface area (TPSA) is 105 Å². The van der Waals surface area contributed by atoms with Crippen molar-refractivity contribution in [2.24, 2.45) is 0 Å². The lowest BCUT2D eigenvalue weighted by molar-refractivity contribution is -0.870. The highest BCUT2D eigenvalue weighted by Gasteiger charge is 2.27. The molecule has 472 valence electrons. The molecule has 0 saturated heterocycles. The molecular weight excluding hydrogens is 1040 g/mol. The van der Waals surface area contributed by atoms with Gasteiger partial charge in [-0.15, -0.1) is 0 Å². The van der Waals surface area contributed by atoms with E-state index in [2.05, 4.69) is 165 Å². The van der Waals surface area contributed by atoms with Gasteiger partial charge >= 0.3 is 7.82 Å². The van der Waals surface area contributed by atoms with Gasteiger partial charge in [0.1, 0.15) is 13.2 Å². The third-order valence-corrected chi connectivity index (χ3v) is 15.0. The maximum absolute atomic E-state index is 13.0. The lowest BCUT2D eigenvalue weighted by atomic mass is 10.0. The monoisotopic (exact) mass is 1170 g/mol. The van der Waals surface area contributed by atoms with E-state index in [1.807, 2.05) is 27.2 Å². The summed E-state index contributed by atoms with van der Waals surface area (Å²) in [5, 5.41) is 13.9. The molecule has 0 aromatic carbocycles. The third kappa shape index (κ3) is 65.5. The standard InChI is InChI=1S/C74H125N2O6P/c1-6-8-10-12-14-16-18-20-22-24-26-28-30-31-32-33-34-35-36-37-38-39-40-41-42-43-44-45-46-48-50-52-54-56-58-60-62-64-66-68-74(78)75-72(71-82-83(79,80)81-70-69-76(3,4)5)73(77)67-65-63-61-59-57-55-53-51-49-47-29-27-25-23-21-19-17-15-13-11-9-7-2/h8,10,14,16,20,22,26,28,31-32,34-35,37-38,40-41,43-44,46,48,52,54,57,59,65,67,72-73,77H,6-7,9,11-13,15,17-19,21,23-25,27,29-30,33,36,39,42,45,47,49-51,53,55-56,58,60-64,66,68-71H2,1-5H3,(H-,75,78,79,80)/p+1/b10-8-,16-14-,22-20-,28-26-,32-31-,35-34-,38-37-,41-40-,44-43-,48-46-,54-52-,59-57+,67-65+. The number of likely N-dealkylation sites (N-methyl/N-ethyl adjacent to an activating group) is 1. The zero-order chi connectivity index (χ0) is 60.5. The number of carbonyl (C=O) groups excluding carboxylic acids is 1. The highest BCUT2D eigenvalue weighted by Crippen LogP contribution is 2.43. The number of phosphoric ester groups is 1. The van der Waals surface area contributed by atoms with Gasteiger partial charge in [0.25, 0.3) is 0 Å². The van der Waals surface area contributed by atoms with E-state index in [0.29, 0.717) is 17.4 Å². The summed E-state index contributed by atoms with van der Waals surface area (Å²) < 4.78 is 23.7. The van der Waals surface area contributed by atoms with Crippen molar-refractivity contribution in [3.8, 4) is 0 Å². The lowest BCUT2D eigenvalue weighted by Crippen LogP contribution is -2.45. The number of unbranched alkanes of at least 4 members (excludes halogenated alkanes) is 22. The van der Waals surface area contributed by atoms with Gasteiger partial charge in [-0.25, -0.2) is 4.57 Å². The molecule has 9 heteroatoms. The van der Waals surface area contributed by atoms with Crippen molar-refractivity contribution in [3.05, 3.63) is 158 Å². The van der Waals surface area contributed by atoms with E-state index >= 15 is 0 Å². The van der Waals surface area contributed by atoms with Gasteiger partial charge < -0.3 is 19.8 Å². The van der Waals surface area contributed by atoms with Crippen molar-refractivity contribution in [1.29, 1.82) is 0 Å². The maximum Gasteiger partial charge on any atom is 0.472 e. The fourth-order valence-electron chi connectivity index (χ4n) is 8.83. The second-order valence-corrected chi connectivity index (χ2v) is 24.6. The van der Waals surface area contributed by atoms with E-state index in [1.165, 1.54) is 103 Å². The minimum absolute atomic E-state index is 0.0438. The number of quaternary nitrogens is 1. The number of hydrogen-bond acceptors (Lipinski definition) is 5. The second-order valence-electron chi connectivity index (χ2n) is 23.1. The molecule has 0 rings (SSSR count). The van der Waals surface area contributed by atoms with Gasteiger partial charge in [-0.2, -0.15) is 0 Å². The highest BCUT2D eigenvalue weighted by atomic mass is 31.2. The molecule has 0 aromatic heterocycles. The number of nitrogens with zero attached hydrogens (tertiary/aromatic N) is 1. The van der Waals surface area contributed by atoms with E-state index in [0.717, 1.165) is 128 Å². The molecular formula is C74H126N2O6P+. The fraction of sp³-hybridized carbons (Fsp3) is 0.635. The summed E-state index contributed by atoms with van der Waals surface area (Å²) in [7, 11) is 1.52. The molecule has 3 N–H and O–H groups in total. The smallest absolute Gasteiger partial charge is 0.387 e. The van der Waals surface area contributed by atoms with Crippen LogP contribution >= 0.6 is 7.82 Å². The van der Waals surface area contributed by atoms with Gasteiger partial charge in [0.15, 0.2) is 0 Å².